The van der Waals surface area contributed by atoms with Crippen LogP contribution in [0.3, 0.4) is 0 Å². The van der Waals surface area contributed by atoms with Crippen LogP contribution in [0.4, 0.5) is 17.6 Å². The number of likely N-dealkylation sites (N-methyl/N-ethyl adjacent to an activating group) is 1. The fourth-order valence-corrected chi connectivity index (χ4v) is 8.56. The van der Waals surface area contributed by atoms with Gasteiger partial charge < -0.3 is 24.7 Å². The number of halogens is 4. The van der Waals surface area contributed by atoms with Crippen LogP contribution in [0.2, 0.25) is 0 Å². The molecular weight excluding hydrogens is 726 g/mol. The third-order valence-electron chi connectivity index (χ3n) is 11.7. The van der Waals surface area contributed by atoms with E-state index in [0.29, 0.717) is 32.7 Å². The van der Waals surface area contributed by atoms with Crippen LogP contribution in [0.25, 0.3) is 0 Å². The minimum absolute atomic E-state index is 0.0199. The highest BCUT2D eigenvalue weighted by molar-refractivity contribution is 5.97. The minimum atomic E-state index is -0.948. The van der Waals surface area contributed by atoms with Gasteiger partial charge in [-0.2, -0.15) is 0 Å². The highest BCUT2D eigenvalue weighted by Crippen LogP contribution is 2.41. The second-order valence-electron chi connectivity index (χ2n) is 17.5. The number of likely N-dealkylation sites (tertiary alicyclic amines) is 2. The van der Waals surface area contributed by atoms with Crippen LogP contribution in [0, 0.1) is 34.6 Å². The number of piperazine rings is 1. The van der Waals surface area contributed by atoms with E-state index < -0.39 is 58.5 Å². The van der Waals surface area contributed by atoms with Crippen molar-refractivity contribution in [3.63, 3.8) is 0 Å². The molecule has 0 aliphatic carbocycles. The first-order chi connectivity index (χ1) is 26.3. The van der Waals surface area contributed by atoms with Crippen LogP contribution in [-0.4, -0.2) is 124 Å². The average molecular weight is 780 g/mol. The van der Waals surface area contributed by atoms with Gasteiger partial charge in [-0.15, -0.1) is 0 Å². The van der Waals surface area contributed by atoms with Crippen molar-refractivity contribution in [3.05, 3.63) is 101 Å². The number of para-hydroxylation sites is 1. The molecule has 0 saturated carbocycles. The molecule has 3 saturated heterocycles. The zero-order valence-electron chi connectivity index (χ0n) is 33.1. The van der Waals surface area contributed by atoms with Gasteiger partial charge in [0.05, 0.1) is 17.5 Å². The van der Waals surface area contributed by atoms with Crippen LogP contribution < -0.4 is 0 Å². The minimum Gasteiger partial charge on any atom is -0.507 e. The molecule has 0 spiro atoms. The molecule has 13 heteroatoms. The predicted molar refractivity (Wildman–Crippen MR) is 205 cm³/mol. The molecule has 9 nitrogen and oxygen atoms in total. The van der Waals surface area contributed by atoms with Crippen LogP contribution in [0.5, 0.6) is 5.75 Å². The lowest BCUT2D eigenvalue weighted by molar-refractivity contribution is -0.147. The summed E-state index contributed by atoms with van der Waals surface area (Å²) in [5.41, 5.74) is -0.659. The molecule has 3 heterocycles. The monoisotopic (exact) mass is 779 g/mol. The number of phenols is 1. The first-order valence-corrected chi connectivity index (χ1v) is 19.3. The number of aromatic hydroxyl groups is 1. The largest absolute Gasteiger partial charge is 0.507 e. The molecule has 0 aromatic heterocycles. The molecule has 4 atom stereocenters. The van der Waals surface area contributed by atoms with Crippen LogP contribution in [0.15, 0.2) is 60.7 Å². The topological polar surface area (TPSA) is 87.6 Å². The Hall–Kier alpha value is -4.49. The molecule has 56 heavy (non-hydrogen) atoms. The number of phenolic OH excluding ortho intramolecular Hbond substituents is 1. The summed E-state index contributed by atoms with van der Waals surface area (Å²) in [5, 5.41) is 10.8. The van der Waals surface area contributed by atoms with E-state index in [4.69, 9.17) is 0 Å². The molecule has 0 radical (unpaired) electrons. The van der Waals surface area contributed by atoms with E-state index in [1.165, 1.54) is 36.4 Å². The lowest BCUT2D eigenvalue weighted by Gasteiger charge is -2.37. The molecule has 3 fully saturated rings. The maximum atomic E-state index is 15.5. The Morgan fingerprint density at radius 3 is 2.07 bits per heavy atom. The van der Waals surface area contributed by atoms with Crippen molar-refractivity contribution in [2.24, 2.45) is 11.3 Å². The molecule has 1 N–H and O–H groups in total. The molecule has 302 valence electrons. The molecule has 0 bridgehead atoms. The Kier molecular flexibility index (Phi) is 11.9. The van der Waals surface area contributed by atoms with Crippen molar-refractivity contribution in [3.8, 4) is 5.75 Å². The van der Waals surface area contributed by atoms with Crippen molar-refractivity contribution in [1.82, 2.24) is 24.5 Å². The summed E-state index contributed by atoms with van der Waals surface area (Å²) in [6.07, 6.45) is 0.237. The Balaban J connectivity index is 1.38. The maximum Gasteiger partial charge on any atom is 0.257 e. The molecule has 0 unspecified atom stereocenters. The van der Waals surface area contributed by atoms with Crippen LogP contribution in [-0.2, 0) is 16.0 Å². The third kappa shape index (κ3) is 8.89. The standard InChI is InChI=1S/C43H53F4N5O4/c1-42(2,3)50-24-33(31-14-13-29(45)20-36(31)47)34(25-50)40(55)51-23-30(21-37(51)41(56)49-17-15-48(6)16-18-49)52(39(54)32-9-7-8-10-38(32)53)26-43(4,5)22-27-11-12-28(44)19-35(27)46/h7-14,19-20,30,33-34,37,53H,15-18,21-26H2,1-6H3/t30-,33-,34+,37-/m0/s1. The van der Waals surface area contributed by atoms with Gasteiger partial charge in [-0.3, -0.25) is 19.3 Å². The van der Waals surface area contributed by atoms with Crippen molar-refractivity contribution in [2.45, 2.75) is 71.0 Å². The second kappa shape index (κ2) is 16.2. The van der Waals surface area contributed by atoms with E-state index >= 15 is 9.18 Å². The van der Waals surface area contributed by atoms with E-state index in [9.17, 15) is 27.9 Å². The van der Waals surface area contributed by atoms with E-state index in [2.05, 4.69) is 9.80 Å². The Labute approximate surface area is 326 Å². The number of hydrogen-bond acceptors (Lipinski definition) is 6. The van der Waals surface area contributed by atoms with Crippen molar-refractivity contribution in [2.75, 3.05) is 59.4 Å². The number of carbonyl (C=O) groups excluding carboxylic acids is 3. The van der Waals surface area contributed by atoms with Gasteiger partial charge in [-0.05, 0) is 81.5 Å². The summed E-state index contributed by atoms with van der Waals surface area (Å²) in [6, 6.07) is 11.3. The zero-order chi connectivity index (χ0) is 40.7. The molecule has 3 aromatic rings. The number of benzene rings is 3. The molecule has 6 rings (SSSR count). The number of nitrogens with zero attached hydrogens (tertiary/aromatic N) is 5. The van der Waals surface area contributed by atoms with Crippen molar-refractivity contribution < 1.29 is 37.1 Å². The summed E-state index contributed by atoms with van der Waals surface area (Å²) in [5.74, 6) is -5.66. The van der Waals surface area contributed by atoms with E-state index in [1.807, 2.05) is 41.7 Å². The average Bonchev–Trinajstić information content (AvgIpc) is 3.78. The lowest BCUT2D eigenvalue weighted by atomic mass is 9.84. The SMILES string of the molecule is CN1CCN(C(=O)[C@@H]2C[C@H](N(CC(C)(C)Cc3ccc(F)cc3F)C(=O)c3ccccc3O)CN2C(=O)[C@@H]2CN(C(C)(C)C)C[C@H]2c2ccc(F)cc2F)CC1. The number of amides is 3. The molecule has 3 amide bonds. The predicted octanol–water partition coefficient (Wildman–Crippen LogP) is 5.92. The highest BCUT2D eigenvalue weighted by Gasteiger charge is 2.51. The Bertz CT molecular complexity index is 1950. The molecular formula is C43H53F4N5O4. The van der Waals surface area contributed by atoms with Gasteiger partial charge in [0.15, 0.2) is 0 Å². The second-order valence-corrected chi connectivity index (χ2v) is 17.5. The number of carbonyl (C=O) groups is 3. The van der Waals surface area contributed by atoms with Crippen molar-refractivity contribution >= 4 is 17.7 Å². The Morgan fingerprint density at radius 2 is 1.45 bits per heavy atom. The maximum absolute atomic E-state index is 15.5. The third-order valence-corrected chi connectivity index (χ3v) is 11.7. The van der Waals surface area contributed by atoms with E-state index in [1.54, 1.807) is 26.8 Å². The first-order valence-electron chi connectivity index (χ1n) is 19.3. The summed E-state index contributed by atoms with van der Waals surface area (Å²) in [7, 11) is 1.97. The quantitative estimate of drug-likeness (QED) is 0.272. The Morgan fingerprint density at radius 1 is 0.804 bits per heavy atom. The van der Waals surface area contributed by atoms with E-state index in [-0.39, 0.29) is 72.3 Å². The van der Waals surface area contributed by atoms with Gasteiger partial charge in [0.1, 0.15) is 35.1 Å². The fourth-order valence-electron chi connectivity index (χ4n) is 8.56. The number of rotatable bonds is 9. The van der Waals surface area contributed by atoms with Gasteiger partial charge >= 0.3 is 0 Å². The lowest BCUT2D eigenvalue weighted by Crippen LogP contribution is -2.54. The normalized spacial score (nSPS) is 22.5. The summed E-state index contributed by atoms with van der Waals surface area (Å²) >= 11 is 0. The van der Waals surface area contributed by atoms with E-state index in [0.717, 1.165) is 12.1 Å². The molecule has 3 aliphatic heterocycles. The summed E-state index contributed by atoms with van der Waals surface area (Å²) < 4.78 is 58.3. The van der Waals surface area contributed by atoms with Crippen molar-refractivity contribution in [1.29, 1.82) is 0 Å². The first kappa shape index (κ1) is 41.2. The van der Waals surface area contributed by atoms with Gasteiger partial charge in [-0.1, -0.05) is 38.1 Å². The van der Waals surface area contributed by atoms with Crippen LogP contribution in [0.1, 0.15) is 68.4 Å². The highest BCUT2D eigenvalue weighted by atomic mass is 19.1. The summed E-state index contributed by atoms with van der Waals surface area (Å²) in [4.78, 5) is 53.3. The molecule has 3 aliphatic rings. The fraction of sp³-hybridized carbons (Fsp3) is 0.512. The zero-order valence-corrected chi connectivity index (χ0v) is 33.1. The summed E-state index contributed by atoms with van der Waals surface area (Å²) in [6.45, 7) is 12.6. The van der Waals surface area contributed by atoms with Gasteiger partial charge in [0.25, 0.3) is 5.91 Å². The van der Waals surface area contributed by atoms with Gasteiger partial charge in [0.2, 0.25) is 11.8 Å². The molecule has 3 aromatic carbocycles. The number of hydrogen-bond donors (Lipinski definition) is 1. The van der Waals surface area contributed by atoms with Gasteiger partial charge in [0, 0.05) is 75.9 Å². The van der Waals surface area contributed by atoms with Gasteiger partial charge in [-0.25, -0.2) is 17.6 Å². The smallest absolute Gasteiger partial charge is 0.257 e. The van der Waals surface area contributed by atoms with Crippen LogP contribution >= 0.6 is 0 Å².